The number of carbonyl (C=O) groups excluding carboxylic acids is 1. The van der Waals surface area contributed by atoms with E-state index in [9.17, 15) is 18.0 Å². The Morgan fingerprint density at radius 1 is 1.32 bits per heavy atom. The highest BCUT2D eigenvalue weighted by Crippen LogP contribution is 2.29. The van der Waals surface area contributed by atoms with Gasteiger partial charge in [-0.25, -0.2) is 0 Å². The molecule has 1 aromatic carbocycles. The van der Waals surface area contributed by atoms with Gasteiger partial charge in [0, 0.05) is 13.2 Å². The minimum absolute atomic E-state index is 0.0194. The molecule has 2 unspecified atom stereocenters. The topological polar surface area (TPSA) is 47.6 Å². The zero-order chi connectivity index (χ0) is 18.4. The number of amides is 1. The largest absolute Gasteiger partial charge is 0.416 e. The Hall–Kier alpha value is -1.60. The Labute approximate surface area is 145 Å². The maximum atomic E-state index is 12.5. The first-order chi connectivity index (χ1) is 11.8. The molecule has 1 aliphatic rings. The van der Waals surface area contributed by atoms with E-state index in [0.717, 1.165) is 31.6 Å². The van der Waals surface area contributed by atoms with Crippen LogP contribution in [0.3, 0.4) is 0 Å². The first kappa shape index (κ1) is 19.7. The molecule has 1 saturated heterocycles. The fourth-order valence-corrected chi connectivity index (χ4v) is 2.66. The molecular formula is C18H24F3NO3. The Balaban J connectivity index is 1.85. The smallest absolute Gasteiger partial charge is 0.376 e. The van der Waals surface area contributed by atoms with Crippen molar-refractivity contribution in [1.82, 2.24) is 5.32 Å². The molecule has 1 N–H and O–H groups in total. The van der Waals surface area contributed by atoms with Crippen LogP contribution in [0.25, 0.3) is 0 Å². The van der Waals surface area contributed by atoms with Crippen molar-refractivity contribution in [3.8, 4) is 0 Å². The van der Waals surface area contributed by atoms with Crippen molar-refractivity contribution in [2.24, 2.45) is 5.92 Å². The Kier molecular flexibility index (Phi) is 6.84. The van der Waals surface area contributed by atoms with Crippen LogP contribution in [0, 0.1) is 5.92 Å². The van der Waals surface area contributed by atoms with E-state index in [-0.39, 0.29) is 24.5 Å². The van der Waals surface area contributed by atoms with Crippen LogP contribution in [0.15, 0.2) is 24.3 Å². The summed E-state index contributed by atoms with van der Waals surface area (Å²) in [7, 11) is 0. The molecule has 1 aliphatic heterocycles. The quantitative estimate of drug-likeness (QED) is 0.810. The Bertz CT molecular complexity index is 552. The van der Waals surface area contributed by atoms with E-state index in [0.29, 0.717) is 12.2 Å². The first-order valence-electron chi connectivity index (χ1n) is 8.44. The van der Waals surface area contributed by atoms with Gasteiger partial charge in [0.1, 0.15) is 6.10 Å². The summed E-state index contributed by atoms with van der Waals surface area (Å²) in [6.45, 7) is 5.02. The summed E-state index contributed by atoms with van der Waals surface area (Å²) >= 11 is 0. The molecule has 4 nitrogen and oxygen atoms in total. The number of hydrogen-bond acceptors (Lipinski definition) is 3. The van der Waals surface area contributed by atoms with E-state index in [1.54, 1.807) is 0 Å². The molecule has 1 amide bonds. The lowest BCUT2D eigenvalue weighted by Crippen LogP contribution is -2.40. The Morgan fingerprint density at radius 2 is 2.00 bits per heavy atom. The van der Waals surface area contributed by atoms with Gasteiger partial charge in [-0.05, 0) is 36.5 Å². The number of hydrogen-bond donors (Lipinski definition) is 1. The number of benzene rings is 1. The summed E-state index contributed by atoms with van der Waals surface area (Å²) in [4.78, 5) is 12.3. The number of halogens is 3. The molecule has 0 aromatic heterocycles. The average molecular weight is 359 g/mol. The van der Waals surface area contributed by atoms with Gasteiger partial charge in [0.2, 0.25) is 5.91 Å². The van der Waals surface area contributed by atoms with Gasteiger partial charge >= 0.3 is 6.18 Å². The van der Waals surface area contributed by atoms with E-state index in [2.05, 4.69) is 5.32 Å². The van der Waals surface area contributed by atoms with Crippen LogP contribution in [0.4, 0.5) is 13.2 Å². The molecule has 2 rings (SSSR count). The van der Waals surface area contributed by atoms with Gasteiger partial charge in [0.25, 0.3) is 0 Å². The standard InChI is InChI=1S/C18H24F3NO3/c1-12(2)16(25-11-15-4-3-9-24-15)17(23)22-10-13-5-7-14(8-6-13)18(19,20)21/h5-8,12,15-16H,3-4,9-11H2,1-2H3,(H,22,23). The minimum atomic E-state index is -4.36. The van der Waals surface area contributed by atoms with E-state index in [1.165, 1.54) is 12.1 Å². The summed E-state index contributed by atoms with van der Waals surface area (Å²) in [5.74, 6) is -0.290. The second kappa shape index (κ2) is 8.67. The van der Waals surface area contributed by atoms with Gasteiger partial charge in [-0.2, -0.15) is 13.2 Å². The molecule has 1 heterocycles. The molecule has 0 saturated carbocycles. The molecule has 0 radical (unpaired) electrons. The van der Waals surface area contributed by atoms with Gasteiger partial charge < -0.3 is 14.8 Å². The second-order valence-electron chi connectivity index (χ2n) is 6.55. The van der Waals surface area contributed by atoms with Crippen molar-refractivity contribution in [2.75, 3.05) is 13.2 Å². The predicted octanol–water partition coefficient (Wildman–Crippen LogP) is 3.54. The SMILES string of the molecule is CC(C)C(OCC1CCCO1)C(=O)NCc1ccc(C(F)(F)F)cc1. The maximum absolute atomic E-state index is 12.5. The molecule has 0 spiro atoms. The normalized spacial score (nSPS) is 19.2. The van der Waals surface area contributed by atoms with Crippen molar-refractivity contribution in [3.05, 3.63) is 35.4 Å². The van der Waals surface area contributed by atoms with E-state index in [4.69, 9.17) is 9.47 Å². The molecule has 2 atom stereocenters. The zero-order valence-electron chi connectivity index (χ0n) is 14.4. The van der Waals surface area contributed by atoms with Gasteiger partial charge in [-0.3, -0.25) is 4.79 Å². The summed E-state index contributed by atoms with van der Waals surface area (Å²) in [5, 5.41) is 2.73. The number of nitrogens with one attached hydrogen (secondary N) is 1. The lowest BCUT2D eigenvalue weighted by molar-refractivity contribution is -0.139. The highest BCUT2D eigenvalue weighted by molar-refractivity contribution is 5.81. The predicted molar refractivity (Wildman–Crippen MR) is 86.8 cm³/mol. The fraction of sp³-hybridized carbons (Fsp3) is 0.611. The molecule has 7 heteroatoms. The van der Waals surface area contributed by atoms with Gasteiger partial charge in [0.15, 0.2) is 0 Å². The van der Waals surface area contributed by atoms with Gasteiger partial charge in [-0.15, -0.1) is 0 Å². The van der Waals surface area contributed by atoms with Crippen LogP contribution in [0.5, 0.6) is 0 Å². The first-order valence-corrected chi connectivity index (χ1v) is 8.44. The van der Waals surface area contributed by atoms with E-state index >= 15 is 0 Å². The number of carbonyl (C=O) groups is 1. The van der Waals surface area contributed by atoms with Crippen molar-refractivity contribution < 1.29 is 27.4 Å². The van der Waals surface area contributed by atoms with E-state index in [1.807, 2.05) is 13.8 Å². The Morgan fingerprint density at radius 3 is 2.52 bits per heavy atom. The second-order valence-corrected chi connectivity index (χ2v) is 6.55. The molecule has 0 bridgehead atoms. The highest BCUT2D eigenvalue weighted by Gasteiger charge is 2.30. The minimum Gasteiger partial charge on any atom is -0.376 e. The zero-order valence-corrected chi connectivity index (χ0v) is 14.4. The highest BCUT2D eigenvalue weighted by atomic mass is 19.4. The molecule has 0 aliphatic carbocycles. The number of ether oxygens (including phenoxy) is 2. The van der Waals surface area contributed by atoms with Crippen LogP contribution in [0.1, 0.15) is 37.8 Å². The molecular weight excluding hydrogens is 335 g/mol. The van der Waals surface area contributed by atoms with Crippen LogP contribution in [-0.2, 0) is 27.0 Å². The summed E-state index contributed by atoms with van der Waals surface area (Å²) in [5.41, 5.74) is -0.106. The van der Waals surface area contributed by atoms with Gasteiger partial charge in [0.05, 0.1) is 18.3 Å². The fourth-order valence-electron chi connectivity index (χ4n) is 2.66. The van der Waals surface area contributed by atoms with Crippen LogP contribution < -0.4 is 5.32 Å². The van der Waals surface area contributed by atoms with Crippen LogP contribution >= 0.6 is 0 Å². The third-order valence-corrected chi connectivity index (χ3v) is 4.10. The van der Waals surface area contributed by atoms with Crippen LogP contribution in [0.2, 0.25) is 0 Å². The molecule has 1 aromatic rings. The van der Waals surface area contributed by atoms with E-state index < -0.39 is 17.8 Å². The number of alkyl halides is 3. The van der Waals surface area contributed by atoms with Gasteiger partial charge in [-0.1, -0.05) is 26.0 Å². The lowest BCUT2D eigenvalue weighted by Gasteiger charge is -2.22. The average Bonchev–Trinajstić information content (AvgIpc) is 3.05. The molecule has 1 fully saturated rings. The summed E-state index contributed by atoms with van der Waals surface area (Å²) in [6.07, 6.45) is -3.01. The summed E-state index contributed by atoms with van der Waals surface area (Å²) < 4.78 is 48.8. The van der Waals surface area contributed by atoms with Crippen molar-refractivity contribution in [2.45, 2.75) is 51.6 Å². The monoisotopic (exact) mass is 359 g/mol. The van der Waals surface area contributed by atoms with Crippen molar-refractivity contribution >= 4 is 5.91 Å². The van der Waals surface area contributed by atoms with Crippen LogP contribution in [-0.4, -0.2) is 31.3 Å². The molecule has 25 heavy (non-hydrogen) atoms. The third-order valence-electron chi connectivity index (χ3n) is 4.10. The summed E-state index contributed by atoms with van der Waals surface area (Å²) in [6, 6.07) is 4.74. The third kappa shape index (κ3) is 6.01. The van der Waals surface area contributed by atoms with Crippen molar-refractivity contribution in [1.29, 1.82) is 0 Å². The molecule has 140 valence electrons. The maximum Gasteiger partial charge on any atom is 0.416 e. The van der Waals surface area contributed by atoms with Crippen molar-refractivity contribution in [3.63, 3.8) is 0 Å². The lowest BCUT2D eigenvalue weighted by atomic mass is 10.1. The number of rotatable bonds is 7.